The second-order valence-electron chi connectivity index (χ2n) is 5.43. The van der Waals surface area contributed by atoms with E-state index in [2.05, 4.69) is 65.4 Å². The number of hydrogen-bond donors (Lipinski definition) is 1. The van der Waals surface area contributed by atoms with Gasteiger partial charge in [-0.2, -0.15) is 0 Å². The van der Waals surface area contributed by atoms with Crippen molar-refractivity contribution < 1.29 is 4.79 Å². The average molecular weight is 330 g/mol. The fraction of sp³-hybridized carbons (Fsp3) is 0.235. The molecule has 3 rings (SSSR count). The van der Waals surface area contributed by atoms with E-state index < -0.39 is 0 Å². The molecule has 1 N–H and O–H groups in total. The third kappa shape index (κ3) is 2.50. The molecule has 0 fully saturated rings. The maximum absolute atomic E-state index is 11.4. The molecule has 0 aliphatic carbocycles. The van der Waals surface area contributed by atoms with Gasteiger partial charge in [-0.15, -0.1) is 0 Å². The Hall–Kier alpha value is -1.61. The predicted molar refractivity (Wildman–Crippen MR) is 85.5 cm³/mol. The van der Waals surface area contributed by atoms with Crippen LogP contribution in [-0.4, -0.2) is 5.91 Å². The Morgan fingerprint density at radius 2 is 1.75 bits per heavy atom. The second kappa shape index (κ2) is 5.06. The van der Waals surface area contributed by atoms with Crippen LogP contribution in [0, 0.1) is 13.8 Å². The van der Waals surface area contributed by atoms with Crippen LogP contribution in [0.1, 0.15) is 32.6 Å². The number of fused-ring (bicyclic) bond motifs is 1. The molecule has 1 amide bonds. The summed E-state index contributed by atoms with van der Waals surface area (Å²) in [7, 11) is 0. The van der Waals surface area contributed by atoms with E-state index in [4.69, 9.17) is 0 Å². The summed E-state index contributed by atoms with van der Waals surface area (Å²) in [5.41, 5.74) is 7.00. The summed E-state index contributed by atoms with van der Waals surface area (Å²) < 4.78 is 0. The minimum absolute atomic E-state index is 0.0784. The summed E-state index contributed by atoms with van der Waals surface area (Å²) in [4.78, 5) is 11.6. The van der Waals surface area contributed by atoms with Gasteiger partial charge in [0.15, 0.2) is 0 Å². The molecule has 1 aliphatic rings. The van der Waals surface area contributed by atoms with Crippen molar-refractivity contribution in [1.82, 2.24) is 0 Å². The lowest BCUT2D eigenvalue weighted by Crippen LogP contribution is -2.03. The molecule has 2 aromatic carbocycles. The number of carbonyl (C=O) groups is 1. The minimum Gasteiger partial charge on any atom is -0.326 e. The van der Waals surface area contributed by atoms with Gasteiger partial charge in [0, 0.05) is 5.69 Å². The predicted octanol–water partition coefficient (Wildman–Crippen LogP) is 4.28. The van der Waals surface area contributed by atoms with Crippen LogP contribution in [0.25, 0.3) is 0 Å². The Bertz CT molecular complexity index is 673. The zero-order valence-corrected chi connectivity index (χ0v) is 13.1. The van der Waals surface area contributed by atoms with E-state index in [1.54, 1.807) is 0 Å². The van der Waals surface area contributed by atoms with Crippen molar-refractivity contribution >= 4 is 27.5 Å². The van der Waals surface area contributed by atoms with Crippen molar-refractivity contribution in [2.24, 2.45) is 0 Å². The quantitative estimate of drug-likeness (QED) is 0.818. The van der Waals surface area contributed by atoms with Crippen LogP contribution >= 0.6 is 15.9 Å². The minimum atomic E-state index is 0.0784. The number of anilines is 1. The maximum atomic E-state index is 11.4. The smallest absolute Gasteiger partial charge is 0.228 e. The summed E-state index contributed by atoms with van der Waals surface area (Å²) in [6.45, 7) is 4.23. The topological polar surface area (TPSA) is 29.1 Å². The van der Waals surface area contributed by atoms with Crippen LogP contribution in [0.4, 0.5) is 5.69 Å². The molecule has 0 radical (unpaired) electrons. The van der Waals surface area contributed by atoms with Gasteiger partial charge in [-0.05, 0) is 36.6 Å². The number of benzene rings is 2. The molecule has 3 heteroatoms. The molecule has 1 atom stereocenters. The van der Waals surface area contributed by atoms with Crippen LogP contribution in [0.15, 0.2) is 36.4 Å². The van der Waals surface area contributed by atoms with Crippen LogP contribution in [-0.2, 0) is 11.2 Å². The molecule has 0 aromatic heterocycles. The number of alkyl halides is 1. The molecule has 0 saturated heterocycles. The molecule has 1 heterocycles. The first-order chi connectivity index (χ1) is 9.52. The second-order valence-corrected chi connectivity index (χ2v) is 6.34. The summed E-state index contributed by atoms with van der Waals surface area (Å²) in [5.74, 6) is 0.0784. The molecule has 1 unspecified atom stereocenters. The maximum Gasteiger partial charge on any atom is 0.228 e. The first-order valence-corrected chi connectivity index (χ1v) is 7.59. The Labute approximate surface area is 127 Å². The summed E-state index contributed by atoms with van der Waals surface area (Å²) in [5, 5.41) is 2.87. The number of carbonyl (C=O) groups excluding carboxylic acids is 1. The molecule has 0 spiro atoms. The Morgan fingerprint density at radius 3 is 2.45 bits per heavy atom. The average Bonchev–Trinajstić information content (AvgIpc) is 2.75. The lowest BCUT2D eigenvalue weighted by molar-refractivity contribution is -0.115. The number of nitrogens with one attached hydrogen (secondary N) is 1. The standard InChI is InChI=1S/C17H16BrNO/c1-10-5-11(2)7-14(6-10)17(18)12-3-4-15-13(8-12)9-16(20)19-15/h3-8,17H,9H2,1-2H3,(H,19,20). The van der Waals surface area contributed by atoms with Gasteiger partial charge < -0.3 is 5.32 Å². The van der Waals surface area contributed by atoms with Crippen molar-refractivity contribution in [3.63, 3.8) is 0 Å². The van der Waals surface area contributed by atoms with Crippen molar-refractivity contribution in [2.45, 2.75) is 25.1 Å². The van der Waals surface area contributed by atoms with Crippen molar-refractivity contribution in [3.05, 3.63) is 64.2 Å². The molecule has 2 aromatic rings. The Kier molecular flexibility index (Phi) is 3.38. The molecule has 1 aliphatic heterocycles. The molecule has 0 bridgehead atoms. The van der Waals surface area contributed by atoms with Gasteiger partial charge >= 0.3 is 0 Å². The van der Waals surface area contributed by atoms with Gasteiger partial charge in [0.1, 0.15) is 0 Å². The van der Waals surface area contributed by atoms with E-state index in [1.807, 2.05) is 6.07 Å². The highest BCUT2D eigenvalue weighted by Crippen LogP contribution is 2.35. The highest BCUT2D eigenvalue weighted by molar-refractivity contribution is 9.09. The molecular weight excluding hydrogens is 314 g/mol. The van der Waals surface area contributed by atoms with Crippen molar-refractivity contribution in [3.8, 4) is 0 Å². The fourth-order valence-corrected chi connectivity index (χ4v) is 3.30. The highest BCUT2D eigenvalue weighted by atomic mass is 79.9. The van der Waals surface area contributed by atoms with E-state index in [-0.39, 0.29) is 10.7 Å². The van der Waals surface area contributed by atoms with Crippen LogP contribution in [0.3, 0.4) is 0 Å². The first kappa shape index (κ1) is 13.4. The van der Waals surface area contributed by atoms with Gasteiger partial charge in [0.2, 0.25) is 5.91 Å². The fourth-order valence-electron chi connectivity index (χ4n) is 2.76. The van der Waals surface area contributed by atoms with Crippen LogP contribution in [0.5, 0.6) is 0 Å². The van der Waals surface area contributed by atoms with Crippen molar-refractivity contribution in [1.29, 1.82) is 0 Å². The van der Waals surface area contributed by atoms with E-state index in [1.165, 1.54) is 22.3 Å². The number of halogens is 1. The normalized spacial score (nSPS) is 14.8. The zero-order chi connectivity index (χ0) is 14.3. The van der Waals surface area contributed by atoms with Crippen LogP contribution in [0.2, 0.25) is 0 Å². The Balaban J connectivity index is 1.97. The highest BCUT2D eigenvalue weighted by Gasteiger charge is 2.20. The van der Waals surface area contributed by atoms with Crippen molar-refractivity contribution in [2.75, 3.05) is 5.32 Å². The third-order valence-corrected chi connectivity index (χ3v) is 4.64. The third-order valence-electron chi connectivity index (χ3n) is 3.58. The summed E-state index contributed by atoms with van der Waals surface area (Å²) in [6, 6.07) is 12.7. The number of aryl methyl sites for hydroxylation is 2. The van der Waals surface area contributed by atoms with E-state index in [0.717, 1.165) is 11.3 Å². The van der Waals surface area contributed by atoms with Gasteiger partial charge in [0.25, 0.3) is 0 Å². The van der Waals surface area contributed by atoms with E-state index in [0.29, 0.717) is 6.42 Å². The summed E-state index contributed by atoms with van der Waals surface area (Å²) in [6.07, 6.45) is 0.482. The van der Waals surface area contributed by atoms with Crippen LogP contribution < -0.4 is 5.32 Å². The van der Waals surface area contributed by atoms with E-state index in [9.17, 15) is 4.79 Å². The molecule has 0 saturated carbocycles. The number of amides is 1. The molecular formula is C17H16BrNO. The van der Waals surface area contributed by atoms with Gasteiger partial charge in [-0.25, -0.2) is 0 Å². The monoisotopic (exact) mass is 329 g/mol. The molecule has 2 nitrogen and oxygen atoms in total. The number of rotatable bonds is 2. The Morgan fingerprint density at radius 1 is 1.05 bits per heavy atom. The SMILES string of the molecule is Cc1cc(C)cc(C(Br)c2ccc3c(c2)CC(=O)N3)c1. The van der Waals surface area contributed by atoms with Gasteiger partial charge in [-0.3, -0.25) is 4.79 Å². The first-order valence-electron chi connectivity index (χ1n) is 6.68. The summed E-state index contributed by atoms with van der Waals surface area (Å²) >= 11 is 3.78. The number of hydrogen-bond acceptors (Lipinski definition) is 1. The van der Waals surface area contributed by atoms with E-state index >= 15 is 0 Å². The molecule has 20 heavy (non-hydrogen) atoms. The van der Waals surface area contributed by atoms with Gasteiger partial charge in [0.05, 0.1) is 11.2 Å². The molecule has 102 valence electrons. The zero-order valence-electron chi connectivity index (χ0n) is 11.5. The largest absolute Gasteiger partial charge is 0.326 e. The lowest BCUT2D eigenvalue weighted by atomic mass is 9.98. The van der Waals surface area contributed by atoms with Gasteiger partial charge in [-0.1, -0.05) is 57.4 Å². The lowest BCUT2D eigenvalue weighted by Gasteiger charge is -2.14.